The highest BCUT2D eigenvalue weighted by atomic mass is 35.5. The highest BCUT2D eigenvalue weighted by Gasteiger charge is 2.49. The van der Waals surface area contributed by atoms with Gasteiger partial charge in [-0.1, -0.05) is 11.6 Å². The van der Waals surface area contributed by atoms with E-state index in [2.05, 4.69) is 0 Å². The molecule has 0 bridgehead atoms. The topological polar surface area (TPSA) is 93.4 Å². The van der Waals surface area contributed by atoms with E-state index in [9.17, 15) is 23.1 Å². The van der Waals surface area contributed by atoms with Gasteiger partial charge in [-0.3, -0.25) is 9.59 Å². The number of aromatic nitrogens is 1. The molecule has 0 aliphatic heterocycles. The Labute approximate surface area is 115 Å². The molecule has 0 saturated carbocycles. The van der Waals surface area contributed by atoms with Crippen LogP contribution in [-0.4, -0.2) is 35.1 Å². The summed E-state index contributed by atoms with van der Waals surface area (Å²) in [5.74, 6) is -1.51. The first-order valence-electron chi connectivity index (χ1n) is 5.32. The van der Waals surface area contributed by atoms with Crippen LogP contribution in [0.15, 0.2) is 23.1 Å². The molecule has 106 valence electrons. The summed E-state index contributed by atoms with van der Waals surface area (Å²) in [6, 6.07) is 1.41. The number of carbonyl (C=O) groups is 1. The second-order valence-corrected chi connectivity index (χ2v) is 7.28. The smallest absolute Gasteiger partial charge is 0.326 e. The number of carboxylic acids is 1. The van der Waals surface area contributed by atoms with E-state index >= 15 is 0 Å². The summed E-state index contributed by atoms with van der Waals surface area (Å²) in [7, 11) is -3.93. The molecule has 0 spiro atoms. The average molecular weight is 308 g/mol. The molecule has 1 heterocycles. The Morgan fingerprint density at radius 1 is 1.53 bits per heavy atom. The normalized spacial score (nSPS) is 16.6. The number of nitrogens with zero attached hydrogens (tertiary/aromatic N) is 1. The quantitative estimate of drug-likeness (QED) is 0.894. The molecular weight excluding hydrogens is 294 g/mol. The third kappa shape index (κ3) is 2.66. The highest BCUT2D eigenvalue weighted by molar-refractivity contribution is 7.92. The molecule has 8 heteroatoms. The van der Waals surface area contributed by atoms with Crippen LogP contribution in [0.5, 0.6) is 0 Å². The standard InChI is InChI=1S/C11H14ClNO5S/c1-7(11(2,10(15)16)19(3,17)18)13-5-4-8(12)6-9(13)14/h4-7H,1-3H3,(H,15,16). The van der Waals surface area contributed by atoms with Gasteiger partial charge in [0.15, 0.2) is 14.6 Å². The van der Waals surface area contributed by atoms with Gasteiger partial charge in [-0.25, -0.2) is 8.42 Å². The molecule has 0 amide bonds. The Morgan fingerprint density at radius 3 is 2.42 bits per heavy atom. The summed E-state index contributed by atoms with van der Waals surface area (Å²) < 4.78 is 22.5. The Balaban J connectivity index is 3.50. The number of aliphatic carboxylic acids is 1. The maximum atomic E-state index is 11.8. The van der Waals surface area contributed by atoms with Crippen LogP contribution in [0, 0.1) is 0 Å². The molecule has 0 radical (unpaired) electrons. The SMILES string of the molecule is CC(n1ccc(Cl)cc1=O)C(C)(C(=O)O)S(C)(=O)=O. The minimum atomic E-state index is -3.93. The van der Waals surface area contributed by atoms with E-state index in [1.807, 2.05) is 0 Å². The first kappa shape index (κ1) is 15.7. The second kappa shape index (κ2) is 4.97. The molecule has 0 fully saturated rings. The number of rotatable bonds is 4. The van der Waals surface area contributed by atoms with Crippen molar-refractivity contribution in [2.45, 2.75) is 24.6 Å². The lowest BCUT2D eigenvalue weighted by Gasteiger charge is -2.30. The predicted molar refractivity (Wildman–Crippen MR) is 71.3 cm³/mol. The summed E-state index contributed by atoms with van der Waals surface area (Å²) in [6.45, 7) is 2.45. The number of pyridine rings is 1. The number of sulfone groups is 1. The minimum absolute atomic E-state index is 0.199. The van der Waals surface area contributed by atoms with E-state index in [0.717, 1.165) is 23.8 Å². The molecule has 0 aliphatic rings. The fourth-order valence-electron chi connectivity index (χ4n) is 1.70. The van der Waals surface area contributed by atoms with Crippen LogP contribution in [0.1, 0.15) is 19.9 Å². The molecule has 0 aliphatic carbocycles. The third-order valence-corrected chi connectivity index (χ3v) is 5.61. The van der Waals surface area contributed by atoms with Crippen molar-refractivity contribution in [3.63, 3.8) is 0 Å². The van der Waals surface area contributed by atoms with Crippen LogP contribution in [0.3, 0.4) is 0 Å². The molecule has 0 saturated heterocycles. The molecule has 19 heavy (non-hydrogen) atoms. The molecule has 1 aromatic heterocycles. The van der Waals surface area contributed by atoms with Gasteiger partial charge in [0.2, 0.25) is 0 Å². The minimum Gasteiger partial charge on any atom is -0.480 e. The molecule has 2 unspecified atom stereocenters. The second-order valence-electron chi connectivity index (χ2n) is 4.45. The largest absolute Gasteiger partial charge is 0.480 e. The summed E-state index contributed by atoms with van der Waals surface area (Å²) in [4.78, 5) is 23.1. The first-order chi connectivity index (χ1) is 8.51. The Morgan fingerprint density at radius 2 is 2.05 bits per heavy atom. The molecule has 1 rings (SSSR count). The lowest BCUT2D eigenvalue weighted by molar-refractivity contribution is -0.140. The van der Waals surface area contributed by atoms with Crippen LogP contribution in [0.2, 0.25) is 5.02 Å². The van der Waals surface area contributed by atoms with Gasteiger partial charge in [0, 0.05) is 23.5 Å². The van der Waals surface area contributed by atoms with Gasteiger partial charge in [0.25, 0.3) is 5.56 Å². The van der Waals surface area contributed by atoms with Crippen molar-refractivity contribution in [1.82, 2.24) is 4.57 Å². The van der Waals surface area contributed by atoms with Gasteiger partial charge < -0.3 is 9.67 Å². The lowest BCUT2D eigenvalue weighted by Crippen LogP contribution is -2.51. The van der Waals surface area contributed by atoms with Crippen LogP contribution in [0.25, 0.3) is 0 Å². The molecule has 1 N–H and O–H groups in total. The van der Waals surface area contributed by atoms with Crippen molar-refractivity contribution >= 4 is 27.4 Å². The lowest BCUT2D eigenvalue weighted by atomic mass is 10.0. The van der Waals surface area contributed by atoms with Gasteiger partial charge in [-0.2, -0.15) is 0 Å². The first-order valence-corrected chi connectivity index (χ1v) is 7.59. The molecule has 2 atom stereocenters. The molecular formula is C11H14ClNO5S. The van der Waals surface area contributed by atoms with Crippen molar-refractivity contribution in [3.05, 3.63) is 33.7 Å². The van der Waals surface area contributed by atoms with E-state index in [0.29, 0.717) is 0 Å². The van der Waals surface area contributed by atoms with E-state index in [4.69, 9.17) is 11.6 Å². The molecule has 0 aromatic carbocycles. The number of halogens is 1. The highest BCUT2D eigenvalue weighted by Crippen LogP contribution is 2.29. The fourth-order valence-corrected chi connectivity index (χ4v) is 2.90. The summed E-state index contributed by atoms with van der Waals surface area (Å²) in [5, 5.41) is 9.42. The van der Waals surface area contributed by atoms with Crippen molar-refractivity contribution in [3.8, 4) is 0 Å². The average Bonchev–Trinajstić information content (AvgIpc) is 2.25. The molecule has 6 nitrogen and oxygen atoms in total. The van der Waals surface area contributed by atoms with E-state index in [1.54, 1.807) is 0 Å². The summed E-state index contributed by atoms with van der Waals surface area (Å²) in [6.07, 6.45) is 2.11. The van der Waals surface area contributed by atoms with Crippen LogP contribution in [0.4, 0.5) is 0 Å². The van der Waals surface area contributed by atoms with Gasteiger partial charge in [0.1, 0.15) is 0 Å². The van der Waals surface area contributed by atoms with Crippen molar-refractivity contribution in [2.24, 2.45) is 0 Å². The van der Waals surface area contributed by atoms with Gasteiger partial charge in [-0.15, -0.1) is 0 Å². The zero-order chi connectivity index (χ0) is 15.0. The van der Waals surface area contributed by atoms with Crippen LogP contribution in [-0.2, 0) is 14.6 Å². The maximum Gasteiger partial charge on any atom is 0.326 e. The number of carboxylic acid groups (broad SMARTS) is 1. The van der Waals surface area contributed by atoms with Gasteiger partial charge in [-0.05, 0) is 19.9 Å². The Kier molecular flexibility index (Phi) is 4.11. The number of hydrogen-bond donors (Lipinski definition) is 1. The van der Waals surface area contributed by atoms with Gasteiger partial charge >= 0.3 is 5.97 Å². The fraction of sp³-hybridized carbons (Fsp3) is 0.455. The van der Waals surface area contributed by atoms with Crippen molar-refractivity contribution in [1.29, 1.82) is 0 Å². The van der Waals surface area contributed by atoms with E-state index in [-0.39, 0.29) is 5.02 Å². The third-order valence-electron chi connectivity index (χ3n) is 3.32. The molecule has 1 aromatic rings. The number of hydrogen-bond acceptors (Lipinski definition) is 4. The van der Waals surface area contributed by atoms with E-state index < -0.39 is 32.2 Å². The Hall–Kier alpha value is -1.34. The monoisotopic (exact) mass is 307 g/mol. The zero-order valence-electron chi connectivity index (χ0n) is 10.6. The van der Waals surface area contributed by atoms with Crippen LogP contribution >= 0.6 is 11.6 Å². The van der Waals surface area contributed by atoms with Crippen LogP contribution < -0.4 is 5.56 Å². The maximum absolute atomic E-state index is 11.8. The summed E-state index contributed by atoms with van der Waals surface area (Å²) in [5.41, 5.74) is -0.559. The predicted octanol–water partition coefficient (Wildman–Crippen LogP) is 0.951. The van der Waals surface area contributed by atoms with Crippen molar-refractivity contribution in [2.75, 3.05) is 6.26 Å². The van der Waals surface area contributed by atoms with Crippen molar-refractivity contribution < 1.29 is 18.3 Å². The van der Waals surface area contributed by atoms with Gasteiger partial charge in [0.05, 0.1) is 6.04 Å². The van der Waals surface area contributed by atoms with E-state index in [1.165, 1.54) is 19.2 Å². The Bertz CT molecular complexity index is 666. The summed E-state index contributed by atoms with van der Waals surface area (Å²) >= 11 is 5.64. The zero-order valence-corrected chi connectivity index (χ0v) is 12.2.